The SMILES string of the molecule is CCCCCCCCCCN(C#N)CCCCCC. The van der Waals surface area contributed by atoms with Crippen LogP contribution >= 0.6 is 0 Å². The molecule has 0 aromatic heterocycles. The minimum atomic E-state index is 0.965. The van der Waals surface area contributed by atoms with Gasteiger partial charge in [-0.3, -0.25) is 0 Å². The van der Waals surface area contributed by atoms with E-state index in [9.17, 15) is 0 Å². The van der Waals surface area contributed by atoms with Crippen molar-refractivity contribution >= 4 is 0 Å². The molecule has 0 aliphatic rings. The zero-order valence-corrected chi connectivity index (χ0v) is 13.3. The molecule has 0 heterocycles. The Hall–Kier alpha value is -0.710. The van der Waals surface area contributed by atoms with Gasteiger partial charge in [-0.05, 0) is 12.8 Å². The third kappa shape index (κ3) is 13.5. The first-order valence-electron chi connectivity index (χ1n) is 8.49. The topological polar surface area (TPSA) is 27.0 Å². The minimum absolute atomic E-state index is 0.965. The fourth-order valence-corrected chi connectivity index (χ4v) is 2.38. The van der Waals surface area contributed by atoms with E-state index in [4.69, 9.17) is 5.26 Å². The van der Waals surface area contributed by atoms with Crippen molar-refractivity contribution in [1.82, 2.24) is 4.90 Å². The largest absolute Gasteiger partial charge is 0.311 e. The Morgan fingerprint density at radius 1 is 0.632 bits per heavy atom. The number of nitrogens with zero attached hydrogens (tertiary/aromatic N) is 2. The molecule has 0 aliphatic heterocycles. The molecule has 0 amide bonds. The Bertz CT molecular complexity index is 208. The molecule has 0 aliphatic carbocycles. The van der Waals surface area contributed by atoms with Crippen molar-refractivity contribution in [1.29, 1.82) is 5.26 Å². The molecule has 0 atom stereocenters. The van der Waals surface area contributed by atoms with Crippen LogP contribution in [0.1, 0.15) is 90.9 Å². The molecule has 112 valence electrons. The highest BCUT2D eigenvalue weighted by Crippen LogP contribution is 2.09. The van der Waals surface area contributed by atoms with Crippen LogP contribution < -0.4 is 0 Å². The van der Waals surface area contributed by atoms with Gasteiger partial charge in [0.2, 0.25) is 0 Å². The minimum Gasteiger partial charge on any atom is -0.311 e. The van der Waals surface area contributed by atoms with Crippen molar-refractivity contribution in [2.45, 2.75) is 90.9 Å². The summed E-state index contributed by atoms with van der Waals surface area (Å²) in [5.74, 6) is 0. The maximum absolute atomic E-state index is 9.06. The van der Waals surface area contributed by atoms with Gasteiger partial charge >= 0.3 is 0 Å². The molecule has 0 saturated carbocycles. The monoisotopic (exact) mass is 266 g/mol. The van der Waals surface area contributed by atoms with Gasteiger partial charge in [-0.25, -0.2) is 0 Å². The lowest BCUT2D eigenvalue weighted by atomic mass is 10.1. The smallest absolute Gasteiger partial charge is 0.179 e. The summed E-state index contributed by atoms with van der Waals surface area (Å²) >= 11 is 0. The molecular formula is C17H34N2. The van der Waals surface area contributed by atoms with Gasteiger partial charge in [0.1, 0.15) is 0 Å². The zero-order valence-electron chi connectivity index (χ0n) is 13.3. The van der Waals surface area contributed by atoms with E-state index < -0.39 is 0 Å². The molecule has 0 fully saturated rings. The first kappa shape index (κ1) is 18.3. The number of rotatable bonds is 14. The molecule has 2 nitrogen and oxygen atoms in total. The first-order chi connectivity index (χ1) is 9.35. The number of hydrogen-bond donors (Lipinski definition) is 0. The van der Waals surface area contributed by atoms with Crippen LogP contribution in [0.3, 0.4) is 0 Å². The maximum Gasteiger partial charge on any atom is 0.179 e. The Kier molecular flexibility index (Phi) is 14.8. The van der Waals surface area contributed by atoms with Crippen molar-refractivity contribution in [3.05, 3.63) is 0 Å². The average Bonchev–Trinajstić information content (AvgIpc) is 2.44. The zero-order chi connectivity index (χ0) is 14.2. The highest BCUT2D eigenvalue weighted by atomic mass is 15.1. The second-order valence-corrected chi connectivity index (χ2v) is 5.62. The fourth-order valence-electron chi connectivity index (χ4n) is 2.38. The maximum atomic E-state index is 9.06. The van der Waals surface area contributed by atoms with Crippen molar-refractivity contribution in [2.75, 3.05) is 13.1 Å². The van der Waals surface area contributed by atoms with Gasteiger partial charge in [0.05, 0.1) is 0 Å². The lowest BCUT2D eigenvalue weighted by Gasteiger charge is -2.15. The van der Waals surface area contributed by atoms with Crippen LogP contribution in [0.2, 0.25) is 0 Å². The van der Waals surface area contributed by atoms with Crippen LogP contribution in [-0.4, -0.2) is 18.0 Å². The molecule has 0 aromatic carbocycles. The summed E-state index contributed by atoms with van der Waals surface area (Å²) < 4.78 is 0. The second-order valence-electron chi connectivity index (χ2n) is 5.62. The van der Waals surface area contributed by atoms with Gasteiger partial charge < -0.3 is 4.90 Å². The molecule has 0 N–H and O–H groups in total. The van der Waals surface area contributed by atoms with Gasteiger partial charge in [-0.15, -0.1) is 0 Å². The third-order valence-corrected chi connectivity index (χ3v) is 3.70. The average molecular weight is 266 g/mol. The van der Waals surface area contributed by atoms with Gasteiger partial charge in [-0.2, -0.15) is 5.26 Å². The Morgan fingerprint density at radius 2 is 1.00 bits per heavy atom. The summed E-state index contributed by atoms with van der Waals surface area (Å²) in [6.45, 7) is 6.42. The summed E-state index contributed by atoms with van der Waals surface area (Å²) in [6.07, 6.45) is 18.1. The van der Waals surface area contributed by atoms with Crippen molar-refractivity contribution in [3.63, 3.8) is 0 Å². The Balaban J connectivity index is 3.29. The molecule has 0 bridgehead atoms. The molecule has 0 rings (SSSR count). The number of unbranched alkanes of at least 4 members (excludes halogenated alkanes) is 10. The second kappa shape index (κ2) is 15.3. The molecule has 19 heavy (non-hydrogen) atoms. The molecule has 2 heteroatoms. The number of nitriles is 1. The summed E-state index contributed by atoms with van der Waals surface area (Å²) in [6, 6.07) is 0. The predicted molar refractivity (Wildman–Crippen MR) is 83.9 cm³/mol. The highest BCUT2D eigenvalue weighted by Gasteiger charge is 2.01. The van der Waals surface area contributed by atoms with Gasteiger partial charge in [0.15, 0.2) is 6.19 Å². The molecular weight excluding hydrogens is 232 g/mol. The molecule has 0 spiro atoms. The van der Waals surface area contributed by atoms with Gasteiger partial charge in [0.25, 0.3) is 0 Å². The summed E-state index contributed by atoms with van der Waals surface area (Å²) in [5.41, 5.74) is 0. The van der Waals surface area contributed by atoms with E-state index in [0.29, 0.717) is 0 Å². The normalized spacial score (nSPS) is 10.4. The van der Waals surface area contributed by atoms with Crippen molar-refractivity contribution in [3.8, 4) is 6.19 Å². The first-order valence-corrected chi connectivity index (χ1v) is 8.49. The summed E-state index contributed by atoms with van der Waals surface area (Å²) in [7, 11) is 0. The van der Waals surface area contributed by atoms with E-state index in [1.54, 1.807) is 0 Å². The van der Waals surface area contributed by atoms with Crippen LogP contribution in [-0.2, 0) is 0 Å². The van der Waals surface area contributed by atoms with E-state index >= 15 is 0 Å². The van der Waals surface area contributed by atoms with Crippen LogP contribution in [0.15, 0.2) is 0 Å². The van der Waals surface area contributed by atoms with Crippen LogP contribution in [0.25, 0.3) is 0 Å². The lowest BCUT2D eigenvalue weighted by molar-refractivity contribution is 0.363. The van der Waals surface area contributed by atoms with E-state index in [2.05, 4.69) is 20.0 Å². The summed E-state index contributed by atoms with van der Waals surface area (Å²) in [4.78, 5) is 1.95. The van der Waals surface area contributed by atoms with E-state index in [-0.39, 0.29) is 0 Å². The van der Waals surface area contributed by atoms with E-state index in [1.165, 1.54) is 77.0 Å². The molecule has 0 saturated heterocycles. The Morgan fingerprint density at radius 3 is 1.42 bits per heavy atom. The Labute approximate surface area is 121 Å². The van der Waals surface area contributed by atoms with Crippen molar-refractivity contribution < 1.29 is 0 Å². The third-order valence-electron chi connectivity index (χ3n) is 3.70. The van der Waals surface area contributed by atoms with Crippen molar-refractivity contribution in [2.24, 2.45) is 0 Å². The highest BCUT2D eigenvalue weighted by molar-refractivity contribution is 4.73. The lowest BCUT2D eigenvalue weighted by Crippen LogP contribution is -2.20. The van der Waals surface area contributed by atoms with Gasteiger partial charge in [0, 0.05) is 13.1 Å². The molecule has 0 unspecified atom stereocenters. The summed E-state index contributed by atoms with van der Waals surface area (Å²) in [5, 5.41) is 9.06. The standard InChI is InChI=1S/C17H34N2/c1-3-5-7-9-10-11-12-14-16-19(17-18)15-13-8-6-4-2/h3-16H2,1-2H3. The van der Waals surface area contributed by atoms with E-state index in [1.807, 2.05) is 4.90 Å². The fraction of sp³-hybridized carbons (Fsp3) is 0.941. The van der Waals surface area contributed by atoms with Crippen LogP contribution in [0.4, 0.5) is 0 Å². The predicted octanol–water partition coefficient (Wildman–Crippen LogP) is 5.49. The van der Waals surface area contributed by atoms with Crippen LogP contribution in [0, 0.1) is 11.5 Å². The molecule has 0 aromatic rings. The molecule has 0 radical (unpaired) electrons. The quantitative estimate of drug-likeness (QED) is 0.236. The van der Waals surface area contributed by atoms with Gasteiger partial charge in [-0.1, -0.05) is 78.1 Å². The van der Waals surface area contributed by atoms with Crippen LogP contribution in [0.5, 0.6) is 0 Å². The van der Waals surface area contributed by atoms with E-state index in [0.717, 1.165) is 13.1 Å². The number of hydrogen-bond acceptors (Lipinski definition) is 2.